The molecule has 0 heterocycles. The van der Waals surface area contributed by atoms with Crippen LogP contribution in [0.1, 0.15) is 38.8 Å². The smallest absolute Gasteiger partial charge is 0.240 e. The van der Waals surface area contributed by atoms with Gasteiger partial charge < -0.3 is 5.73 Å². The topological polar surface area (TPSA) is 72.2 Å². The summed E-state index contributed by atoms with van der Waals surface area (Å²) in [7, 11) is -3.40. The highest BCUT2D eigenvalue weighted by Crippen LogP contribution is 2.15. The first kappa shape index (κ1) is 14.2. The predicted molar refractivity (Wildman–Crippen MR) is 69.1 cm³/mol. The molecule has 17 heavy (non-hydrogen) atoms. The first-order valence-electron chi connectivity index (χ1n) is 5.74. The van der Waals surface area contributed by atoms with E-state index in [-0.39, 0.29) is 17.0 Å². The first-order valence-corrected chi connectivity index (χ1v) is 7.23. The van der Waals surface area contributed by atoms with Crippen LogP contribution in [0.15, 0.2) is 29.2 Å². The maximum Gasteiger partial charge on any atom is 0.240 e. The lowest BCUT2D eigenvalue weighted by Crippen LogP contribution is -2.32. The van der Waals surface area contributed by atoms with Crippen molar-refractivity contribution in [3.8, 4) is 0 Å². The van der Waals surface area contributed by atoms with Crippen LogP contribution in [0.25, 0.3) is 0 Å². The summed E-state index contributed by atoms with van der Waals surface area (Å²) in [5.74, 6) is 0. The van der Waals surface area contributed by atoms with Gasteiger partial charge in [-0.25, -0.2) is 13.1 Å². The molecule has 1 rings (SSSR count). The number of rotatable bonds is 5. The van der Waals surface area contributed by atoms with Crippen molar-refractivity contribution in [2.24, 2.45) is 5.73 Å². The van der Waals surface area contributed by atoms with Gasteiger partial charge in [-0.1, -0.05) is 19.1 Å². The summed E-state index contributed by atoms with van der Waals surface area (Å²) in [6.07, 6.45) is 0.761. The zero-order valence-corrected chi connectivity index (χ0v) is 11.3. The van der Waals surface area contributed by atoms with Crippen LogP contribution in [0.2, 0.25) is 0 Å². The van der Waals surface area contributed by atoms with Gasteiger partial charge in [0.1, 0.15) is 0 Å². The monoisotopic (exact) mass is 256 g/mol. The minimum absolute atomic E-state index is 0.0619. The summed E-state index contributed by atoms with van der Waals surface area (Å²) in [4.78, 5) is 0.280. The van der Waals surface area contributed by atoms with Crippen LogP contribution < -0.4 is 10.5 Å². The van der Waals surface area contributed by atoms with Crippen LogP contribution in [0.3, 0.4) is 0 Å². The van der Waals surface area contributed by atoms with Crippen molar-refractivity contribution in [3.63, 3.8) is 0 Å². The van der Waals surface area contributed by atoms with E-state index in [2.05, 4.69) is 4.72 Å². The number of benzene rings is 1. The van der Waals surface area contributed by atoms with E-state index in [9.17, 15) is 8.42 Å². The van der Waals surface area contributed by atoms with Crippen LogP contribution >= 0.6 is 0 Å². The fourth-order valence-corrected chi connectivity index (χ4v) is 2.69. The van der Waals surface area contributed by atoms with Crippen molar-refractivity contribution in [1.29, 1.82) is 0 Å². The van der Waals surface area contributed by atoms with Crippen molar-refractivity contribution in [3.05, 3.63) is 29.8 Å². The Balaban J connectivity index is 2.92. The van der Waals surface area contributed by atoms with Crippen LogP contribution in [0.5, 0.6) is 0 Å². The second-order valence-electron chi connectivity index (χ2n) is 4.29. The quantitative estimate of drug-likeness (QED) is 0.843. The molecule has 0 saturated carbocycles. The zero-order chi connectivity index (χ0) is 13.1. The molecular weight excluding hydrogens is 236 g/mol. The van der Waals surface area contributed by atoms with E-state index >= 15 is 0 Å². The average Bonchev–Trinajstić information content (AvgIpc) is 2.28. The Labute approximate surface area is 103 Å². The Hall–Kier alpha value is -0.910. The molecule has 5 heteroatoms. The molecule has 2 unspecified atom stereocenters. The molecule has 0 aliphatic carbocycles. The van der Waals surface area contributed by atoms with Gasteiger partial charge in [0.2, 0.25) is 10.0 Å². The molecule has 0 aliphatic heterocycles. The maximum atomic E-state index is 11.9. The third-order valence-electron chi connectivity index (χ3n) is 2.68. The van der Waals surface area contributed by atoms with Crippen molar-refractivity contribution in [1.82, 2.24) is 4.72 Å². The molecule has 0 fully saturated rings. The Morgan fingerprint density at radius 3 is 2.18 bits per heavy atom. The summed E-state index contributed by atoms with van der Waals surface area (Å²) in [5, 5.41) is 0. The van der Waals surface area contributed by atoms with Crippen molar-refractivity contribution in [2.75, 3.05) is 0 Å². The molecule has 2 atom stereocenters. The highest BCUT2D eigenvalue weighted by atomic mass is 32.2. The van der Waals surface area contributed by atoms with Crippen LogP contribution in [0, 0.1) is 0 Å². The fraction of sp³-hybridized carbons (Fsp3) is 0.500. The van der Waals surface area contributed by atoms with Gasteiger partial charge in [-0.05, 0) is 38.0 Å². The lowest BCUT2D eigenvalue weighted by Gasteiger charge is -2.13. The molecule has 4 nitrogen and oxygen atoms in total. The number of nitrogens with one attached hydrogen (secondary N) is 1. The molecule has 1 aromatic carbocycles. The summed E-state index contributed by atoms with van der Waals surface area (Å²) < 4.78 is 26.5. The van der Waals surface area contributed by atoms with E-state index in [0.717, 1.165) is 12.0 Å². The molecule has 0 saturated heterocycles. The van der Waals surface area contributed by atoms with Gasteiger partial charge in [0.25, 0.3) is 0 Å². The minimum atomic E-state index is -3.40. The molecular formula is C12H20N2O2S. The fourth-order valence-electron chi connectivity index (χ4n) is 1.37. The number of hydrogen-bond acceptors (Lipinski definition) is 3. The highest BCUT2D eigenvalue weighted by molar-refractivity contribution is 7.89. The second kappa shape index (κ2) is 5.62. The average molecular weight is 256 g/mol. The van der Waals surface area contributed by atoms with Crippen molar-refractivity contribution >= 4 is 10.0 Å². The Morgan fingerprint density at radius 2 is 1.76 bits per heavy atom. The van der Waals surface area contributed by atoms with E-state index in [1.165, 1.54) is 0 Å². The molecule has 3 N–H and O–H groups in total. The minimum Gasteiger partial charge on any atom is -0.324 e. The second-order valence-corrected chi connectivity index (χ2v) is 6.00. The Kier molecular flexibility index (Phi) is 4.68. The summed E-state index contributed by atoms with van der Waals surface area (Å²) in [6.45, 7) is 5.64. The standard InChI is InChI=1S/C12H20N2O2S/c1-4-9(2)14-17(15,16)12-7-5-11(6-8-12)10(3)13/h5-10,14H,4,13H2,1-3H3. The maximum absolute atomic E-state index is 11.9. The lowest BCUT2D eigenvalue weighted by molar-refractivity contribution is 0.556. The van der Waals surface area contributed by atoms with Crippen LogP contribution in [-0.4, -0.2) is 14.5 Å². The van der Waals surface area contributed by atoms with Gasteiger partial charge in [-0.15, -0.1) is 0 Å². The van der Waals surface area contributed by atoms with Gasteiger partial charge in [-0.3, -0.25) is 0 Å². The lowest BCUT2D eigenvalue weighted by atomic mass is 10.1. The molecule has 0 aromatic heterocycles. The number of sulfonamides is 1. The third-order valence-corrected chi connectivity index (χ3v) is 4.29. The summed E-state index contributed by atoms with van der Waals surface area (Å²) in [5.41, 5.74) is 6.63. The number of nitrogens with two attached hydrogens (primary N) is 1. The van der Waals surface area contributed by atoms with Crippen LogP contribution in [-0.2, 0) is 10.0 Å². The normalized spacial score (nSPS) is 15.5. The van der Waals surface area contributed by atoms with Gasteiger partial charge in [-0.2, -0.15) is 0 Å². The van der Waals surface area contributed by atoms with E-state index < -0.39 is 10.0 Å². The molecule has 0 aliphatic rings. The SMILES string of the molecule is CCC(C)NS(=O)(=O)c1ccc(C(C)N)cc1. The van der Waals surface area contributed by atoms with Crippen molar-refractivity contribution in [2.45, 2.75) is 44.2 Å². The highest BCUT2D eigenvalue weighted by Gasteiger charge is 2.16. The summed E-state index contributed by atoms with van der Waals surface area (Å²) in [6, 6.07) is 6.51. The third kappa shape index (κ3) is 3.80. The summed E-state index contributed by atoms with van der Waals surface area (Å²) >= 11 is 0. The largest absolute Gasteiger partial charge is 0.324 e. The van der Waals surface area contributed by atoms with E-state index in [0.29, 0.717) is 0 Å². The van der Waals surface area contributed by atoms with Crippen molar-refractivity contribution < 1.29 is 8.42 Å². The molecule has 0 amide bonds. The van der Waals surface area contributed by atoms with E-state index in [4.69, 9.17) is 5.73 Å². The first-order chi connectivity index (χ1) is 7.86. The molecule has 0 spiro atoms. The Bertz CT molecular complexity index is 452. The van der Waals surface area contributed by atoms with Gasteiger partial charge in [0, 0.05) is 12.1 Å². The zero-order valence-electron chi connectivity index (χ0n) is 10.5. The van der Waals surface area contributed by atoms with Crippen LogP contribution in [0.4, 0.5) is 0 Å². The van der Waals surface area contributed by atoms with Gasteiger partial charge in [0.05, 0.1) is 4.90 Å². The van der Waals surface area contributed by atoms with Gasteiger partial charge in [0.15, 0.2) is 0 Å². The van der Waals surface area contributed by atoms with Gasteiger partial charge >= 0.3 is 0 Å². The molecule has 96 valence electrons. The number of hydrogen-bond donors (Lipinski definition) is 2. The van der Waals surface area contributed by atoms with E-state index in [1.807, 2.05) is 20.8 Å². The predicted octanol–water partition coefficient (Wildman–Crippen LogP) is 1.78. The molecule has 0 bridgehead atoms. The Morgan fingerprint density at radius 1 is 1.24 bits per heavy atom. The molecule has 0 radical (unpaired) electrons. The molecule has 1 aromatic rings. The van der Waals surface area contributed by atoms with E-state index in [1.54, 1.807) is 24.3 Å².